The fourth-order valence-electron chi connectivity index (χ4n) is 4.24. The Morgan fingerprint density at radius 2 is 1.85 bits per heavy atom. The van der Waals surface area contributed by atoms with E-state index < -0.39 is 30.0 Å². The van der Waals surface area contributed by atoms with Crippen LogP contribution >= 0.6 is 11.6 Å². The van der Waals surface area contributed by atoms with E-state index in [4.69, 9.17) is 25.6 Å². The molecule has 2 heterocycles. The van der Waals surface area contributed by atoms with Gasteiger partial charge in [-0.3, -0.25) is 4.57 Å². The highest BCUT2D eigenvalue weighted by Crippen LogP contribution is 2.42. The Hall–Kier alpha value is -4.45. The van der Waals surface area contributed by atoms with Crippen molar-refractivity contribution in [2.75, 3.05) is 0 Å². The van der Waals surface area contributed by atoms with Crippen LogP contribution in [0.2, 0.25) is 5.02 Å². The molecular formula is C27H19ClF4N2O6. The molecule has 5 rings (SSSR count). The van der Waals surface area contributed by atoms with Crippen LogP contribution in [-0.4, -0.2) is 33.3 Å². The fraction of sp³-hybridized carbons (Fsp3) is 0.185. The van der Waals surface area contributed by atoms with Crippen molar-refractivity contribution in [1.82, 2.24) is 9.72 Å². The second-order valence-electron chi connectivity index (χ2n) is 8.67. The molecule has 0 unspecified atom stereocenters. The van der Waals surface area contributed by atoms with Gasteiger partial charge in [-0.2, -0.15) is 0 Å². The maximum absolute atomic E-state index is 14.4. The lowest BCUT2D eigenvalue weighted by Gasteiger charge is -2.15. The van der Waals surface area contributed by atoms with Crippen LogP contribution in [0.5, 0.6) is 23.0 Å². The predicted octanol–water partition coefficient (Wildman–Crippen LogP) is 7.81. The molecule has 0 saturated carbocycles. The highest BCUT2D eigenvalue weighted by atomic mass is 35.5. The summed E-state index contributed by atoms with van der Waals surface area (Å²) < 4.78 is 76.0. The summed E-state index contributed by atoms with van der Waals surface area (Å²) in [7, 11) is 0. The van der Waals surface area contributed by atoms with Crippen molar-refractivity contribution >= 4 is 39.4 Å². The lowest BCUT2D eigenvalue weighted by Crippen LogP contribution is -2.26. The van der Waals surface area contributed by atoms with Gasteiger partial charge in [-0.25, -0.2) is 9.18 Å². The Morgan fingerprint density at radius 1 is 1.10 bits per heavy atom. The molecule has 1 N–H and O–H groups in total. The van der Waals surface area contributed by atoms with Crippen molar-refractivity contribution in [3.63, 3.8) is 0 Å². The number of aliphatic carboxylic acids is 1. The van der Waals surface area contributed by atoms with Crippen molar-refractivity contribution in [1.29, 1.82) is 0 Å². The largest absolute Gasteiger partial charge is 0.573 e. The van der Waals surface area contributed by atoms with Crippen LogP contribution in [-0.2, 0) is 4.79 Å². The minimum absolute atomic E-state index is 0.0396. The van der Waals surface area contributed by atoms with Crippen LogP contribution in [0.25, 0.3) is 27.7 Å². The van der Waals surface area contributed by atoms with Crippen LogP contribution in [0.4, 0.5) is 17.6 Å². The Bertz CT molecular complexity index is 1750. The van der Waals surface area contributed by atoms with E-state index in [1.807, 2.05) is 0 Å². The number of carboxylic acid groups (broad SMARTS) is 1. The van der Waals surface area contributed by atoms with Crippen molar-refractivity contribution in [2.45, 2.75) is 32.7 Å². The molecule has 0 radical (unpaired) electrons. The van der Waals surface area contributed by atoms with Gasteiger partial charge in [-0.05, 0) is 55.8 Å². The second kappa shape index (κ2) is 10.3. The first-order valence-electron chi connectivity index (χ1n) is 11.8. The number of benzene rings is 3. The van der Waals surface area contributed by atoms with E-state index in [2.05, 4.69) is 9.89 Å². The Kier molecular flexibility index (Phi) is 6.96. The molecule has 8 nitrogen and oxygen atoms in total. The molecule has 5 aromatic rings. The molecule has 0 aliphatic heterocycles. The van der Waals surface area contributed by atoms with Crippen LogP contribution in [0.1, 0.15) is 19.0 Å². The lowest BCUT2D eigenvalue weighted by atomic mass is 10.2. The number of alkyl halides is 3. The number of rotatable bonds is 8. The second-order valence-corrected chi connectivity index (χ2v) is 9.11. The van der Waals surface area contributed by atoms with E-state index in [0.29, 0.717) is 33.0 Å². The fourth-order valence-corrected chi connectivity index (χ4v) is 4.41. The van der Waals surface area contributed by atoms with Gasteiger partial charge in [0.25, 0.3) is 0 Å². The SMILES string of the molecule is CC[C@@H](Oc1cc(Oc2c(C)n(-c3noc4cc(Cl)ccc34)c3ccc(OC(F)(F)F)cc23)ccc1F)C(=O)O. The molecule has 0 bridgehead atoms. The standard InChI is InChI=1S/C27H19ClF4N2O6/c1-3-21(26(35)36)38-23-12-15(5-8-19(23)29)37-24-13(2)34(25-17-7-4-14(28)10-22(17)40-33-25)20-9-6-16(11-18(20)24)39-27(30,31)32/h4-12,21H,3H2,1-2H3,(H,35,36)/t21-/m1/s1. The highest BCUT2D eigenvalue weighted by molar-refractivity contribution is 6.31. The van der Waals surface area contributed by atoms with Crippen LogP contribution < -0.4 is 14.2 Å². The summed E-state index contributed by atoms with van der Waals surface area (Å²) in [5.41, 5.74) is 1.20. The van der Waals surface area contributed by atoms with Gasteiger partial charge in [0.2, 0.25) is 0 Å². The molecule has 0 aliphatic carbocycles. The molecule has 0 saturated heterocycles. The topological polar surface area (TPSA) is 96.0 Å². The van der Waals surface area contributed by atoms with Gasteiger partial charge in [-0.15, -0.1) is 13.2 Å². The summed E-state index contributed by atoms with van der Waals surface area (Å²) >= 11 is 6.06. The number of halogens is 5. The third kappa shape index (κ3) is 5.22. The van der Waals surface area contributed by atoms with E-state index in [9.17, 15) is 27.5 Å². The first-order chi connectivity index (χ1) is 18.9. The molecule has 13 heteroatoms. The molecule has 0 amide bonds. The molecule has 2 aromatic heterocycles. The smallest absolute Gasteiger partial charge is 0.479 e. The normalized spacial score (nSPS) is 12.6. The summed E-state index contributed by atoms with van der Waals surface area (Å²) in [5, 5.41) is 14.6. The first kappa shape index (κ1) is 27.1. The van der Waals surface area contributed by atoms with Gasteiger partial charge < -0.3 is 23.8 Å². The molecule has 40 heavy (non-hydrogen) atoms. The zero-order valence-corrected chi connectivity index (χ0v) is 21.5. The van der Waals surface area contributed by atoms with Gasteiger partial charge in [0.05, 0.1) is 16.6 Å². The molecule has 208 valence electrons. The van der Waals surface area contributed by atoms with E-state index in [0.717, 1.165) is 24.3 Å². The quantitative estimate of drug-likeness (QED) is 0.188. The molecular weight excluding hydrogens is 560 g/mol. The van der Waals surface area contributed by atoms with E-state index in [1.54, 1.807) is 36.6 Å². The van der Waals surface area contributed by atoms with Gasteiger partial charge in [0.1, 0.15) is 11.5 Å². The van der Waals surface area contributed by atoms with Gasteiger partial charge in [0, 0.05) is 22.5 Å². The number of carboxylic acids is 1. The molecule has 0 fully saturated rings. The molecule has 3 aromatic carbocycles. The monoisotopic (exact) mass is 578 g/mol. The lowest BCUT2D eigenvalue weighted by molar-refractivity contribution is -0.274. The number of ether oxygens (including phenoxy) is 3. The van der Waals surface area contributed by atoms with Gasteiger partial charge in [0.15, 0.2) is 34.8 Å². The maximum atomic E-state index is 14.4. The number of carbonyl (C=O) groups is 1. The molecule has 0 spiro atoms. The average Bonchev–Trinajstić information content (AvgIpc) is 3.40. The van der Waals surface area contributed by atoms with E-state index >= 15 is 0 Å². The van der Waals surface area contributed by atoms with Crippen molar-refractivity contribution in [2.24, 2.45) is 0 Å². The summed E-state index contributed by atoms with van der Waals surface area (Å²) in [6.07, 6.45) is -6.16. The number of hydrogen-bond donors (Lipinski definition) is 1. The summed E-state index contributed by atoms with van der Waals surface area (Å²) in [6.45, 7) is 3.21. The van der Waals surface area contributed by atoms with Crippen molar-refractivity contribution in [3.05, 3.63) is 71.1 Å². The zero-order valence-electron chi connectivity index (χ0n) is 20.8. The first-order valence-corrected chi connectivity index (χ1v) is 12.2. The van der Waals surface area contributed by atoms with Crippen LogP contribution in [0.3, 0.4) is 0 Å². The Morgan fingerprint density at radius 3 is 2.55 bits per heavy atom. The van der Waals surface area contributed by atoms with Gasteiger partial charge >= 0.3 is 12.3 Å². The number of hydrogen-bond acceptors (Lipinski definition) is 6. The number of aromatic nitrogens is 2. The predicted molar refractivity (Wildman–Crippen MR) is 136 cm³/mol. The van der Waals surface area contributed by atoms with Gasteiger partial charge in [-0.1, -0.05) is 23.7 Å². The molecule has 0 aliphatic rings. The molecule has 1 atom stereocenters. The van der Waals surface area contributed by atoms with E-state index in [-0.39, 0.29) is 29.1 Å². The maximum Gasteiger partial charge on any atom is 0.573 e. The summed E-state index contributed by atoms with van der Waals surface area (Å²) in [4.78, 5) is 11.4. The Balaban J connectivity index is 1.65. The Labute approximate surface area is 228 Å². The third-order valence-electron chi connectivity index (χ3n) is 6.02. The average molecular weight is 579 g/mol. The number of nitrogens with zero attached hydrogens (tertiary/aromatic N) is 2. The highest BCUT2D eigenvalue weighted by Gasteiger charge is 2.32. The minimum atomic E-state index is -4.93. The van der Waals surface area contributed by atoms with E-state index in [1.165, 1.54) is 12.1 Å². The van der Waals surface area contributed by atoms with Crippen molar-refractivity contribution in [3.8, 4) is 28.8 Å². The summed E-state index contributed by atoms with van der Waals surface area (Å²) in [6, 6.07) is 12.1. The zero-order chi connectivity index (χ0) is 28.8. The summed E-state index contributed by atoms with van der Waals surface area (Å²) in [5.74, 6) is -2.48. The third-order valence-corrected chi connectivity index (χ3v) is 6.25. The number of fused-ring (bicyclic) bond motifs is 2. The van der Waals surface area contributed by atoms with Crippen molar-refractivity contribution < 1.29 is 46.2 Å². The van der Waals surface area contributed by atoms with Crippen LogP contribution in [0.15, 0.2) is 59.1 Å². The minimum Gasteiger partial charge on any atom is -0.479 e. The van der Waals surface area contributed by atoms with Crippen LogP contribution in [0, 0.1) is 12.7 Å².